The Bertz CT molecular complexity index is 1630. The molecule has 1 fully saturated rings. The molecule has 0 spiro atoms. The molecule has 1 saturated carbocycles. The maximum absolute atomic E-state index is 13.7. The summed E-state index contributed by atoms with van der Waals surface area (Å²) in [7, 11) is 0. The predicted octanol–water partition coefficient (Wildman–Crippen LogP) is 5.87. The van der Waals surface area contributed by atoms with Crippen LogP contribution >= 0.6 is 0 Å². The number of amides is 5. The Morgan fingerprint density at radius 2 is 1.24 bits per heavy atom. The first-order valence-electron chi connectivity index (χ1n) is 21.5. The molecule has 3 unspecified atom stereocenters. The highest BCUT2D eigenvalue weighted by atomic mass is 16.6. The highest BCUT2D eigenvalue weighted by Gasteiger charge is 2.32. The van der Waals surface area contributed by atoms with Crippen molar-refractivity contribution in [2.45, 2.75) is 162 Å². The number of benzene rings is 2. The fourth-order valence-electron chi connectivity index (χ4n) is 6.38. The molecule has 0 bridgehead atoms. The minimum atomic E-state index is -1.25. The number of hydrogen-bond acceptors (Lipinski definition) is 8. The summed E-state index contributed by atoms with van der Waals surface area (Å²) >= 11 is 0. The molecule has 0 saturated heterocycles. The molecule has 13 heteroatoms. The summed E-state index contributed by atoms with van der Waals surface area (Å²) in [5, 5.41) is 12.7. The van der Waals surface area contributed by atoms with Crippen LogP contribution in [0.25, 0.3) is 0 Å². The molecule has 5 amide bonds. The molecule has 2 aromatic rings. The average molecular weight is 820 g/mol. The first-order valence-corrected chi connectivity index (χ1v) is 21.5. The molecule has 0 radical (unpaired) electrons. The maximum Gasteiger partial charge on any atom is 0.333 e. The van der Waals surface area contributed by atoms with Gasteiger partial charge in [0.05, 0.1) is 19.1 Å². The number of carbonyl (C=O) groups is 7. The van der Waals surface area contributed by atoms with Gasteiger partial charge in [-0.1, -0.05) is 133 Å². The number of carbonyl (C=O) groups excluding carboxylic acids is 7. The maximum atomic E-state index is 13.7. The normalized spacial score (nSPS) is 13.9. The molecule has 59 heavy (non-hydrogen) atoms. The van der Waals surface area contributed by atoms with Gasteiger partial charge in [-0.25, -0.2) is 4.79 Å². The number of esters is 1. The monoisotopic (exact) mass is 820 g/mol. The lowest BCUT2D eigenvalue weighted by Gasteiger charge is -2.25. The van der Waals surface area contributed by atoms with E-state index in [1.165, 1.54) is 38.5 Å². The van der Waals surface area contributed by atoms with Crippen LogP contribution in [0.4, 0.5) is 0 Å². The van der Waals surface area contributed by atoms with Crippen molar-refractivity contribution in [1.29, 1.82) is 0 Å². The third kappa shape index (κ3) is 21.0. The van der Waals surface area contributed by atoms with Gasteiger partial charge in [0.2, 0.25) is 29.4 Å². The van der Waals surface area contributed by atoms with Crippen LogP contribution in [0, 0.1) is 0 Å². The van der Waals surface area contributed by atoms with Crippen LogP contribution in [-0.2, 0) is 51.1 Å². The second-order valence-corrected chi connectivity index (χ2v) is 16.1. The van der Waals surface area contributed by atoms with E-state index in [-0.39, 0.29) is 31.7 Å². The number of Topliss-reactive ketones (excluding diaryl/α,β-unsaturated/α-hetero) is 1. The Morgan fingerprint density at radius 3 is 1.83 bits per heavy atom. The summed E-state index contributed by atoms with van der Waals surface area (Å²) < 4.78 is 5.47. The van der Waals surface area contributed by atoms with Crippen molar-refractivity contribution in [1.82, 2.24) is 26.6 Å². The van der Waals surface area contributed by atoms with Gasteiger partial charge in [-0.15, -0.1) is 0 Å². The van der Waals surface area contributed by atoms with Crippen LogP contribution in [0.1, 0.15) is 148 Å². The minimum absolute atomic E-state index is 0.0982. The van der Waals surface area contributed by atoms with Crippen LogP contribution in [0.3, 0.4) is 0 Å². The minimum Gasteiger partial charge on any atom is -0.458 e. The van der Waals surface area contributed by atoms with Gasteiger partial charge in [-0.05, 0) is 63.1 Å². The largest absolute Gasteiger partial charge is 0.458 e. The predicted molar refractivity (Wildman–Crippen MR) is 229 cm³/mol. The first-order chi connectivity index (χ1) is 28.2. The number of aryl methyl sites for hydroxylation is 1. The molecule has 3 atom stereocenters. The molecule has 0 aromatic heterocycles. The Kier molecular flexibility index (Phi) is 23.4. The molecule has 5 N–H and O–H groups in total. The summed E-state index contributed by atoms with van der Waals surface area (Å²) in [5.74, 6) is -5.07. The van der Waals surface area contributed by atoms with Gasteiger partial charge < -0.3 is 31.3 Å². The zero-order chi connectivity index (χ0) is 43.6. The van der Waals surface area contributed by atoms with Gasteiger partial charge in [-0.3, -0.25) is 28.8 Å². The topological polar surface area (TPSA) is 189 Å². The van der Waals surface area contributed by atoms with E-state index in [1.807, 2.05) is 31.2 Å². The molecular formula is C46H69N5O8. The van der Waals surface area contributed by atoms with Crippen molar-refractivity contribution in [2.24, 2.45) is 0 Å². The third-order valence-corrected chi connectivity index (χ3v) is 9.53. The molecule has 3 rings (SSSR count). The van der Waals surface area contributed by atoms with Crippen molar-refractivity contribution in [2.75, 3.05) is 13.1 Å². The standard InChI is InChI=1S/C40H57N5O8.C6H12/c1-7-10-17-27-18-15-19-28(23-27)24-31(43-33(47)25-41-32(46)22-11-8-2)37(50)44-30(16-9-3)36(49)38(51)42-26-34(48)45-35(29-20-13-12-14-21-29)39(52)53-40(4,5)6;1-2-4-6-5-3-1/h12-15,18-21,23,30-31,35H,7-11,16-17,22,24-26H2,1-6H3,(H,41,46)(H,42,51)(H,43,47)(H,44,50)(H,45,48);1-6H2. The second kappa shape index (κ2) is 27.6. The van der Waals surface area contributed by atoms with E-state index in [4.69, 9.17) is 4.74 Å². The Labute approximate surface area is 351 Å². The molecule has 1 aliphatic rings. The number of unbranched alkanes of at least 4 members (excludes halogenated alkanes) is 2. The number of ether oxygens (including phenoxy) is 1. The average Bonchev–Trinajstić information content (AvgIpc) is 3.22. The summed E-state index contributed by atoms with van der Waals surface area (Å²) in [5.41, 5.74) is 1.52. The number of rotatable bonds is 22. The molecule has 13 nitrogen and oxygen atoms in total. The molecule has 326 valence electrons. The second-order valence-electron chi connectivity index (χ2n) is 16.1. The van der Waals surface area contributed by atoms with E-state index in [0.29, 0.717) is 18.4 Å². The molecule has 0 heterocycles. The molecule has 2 aromatic carbocycles. The van der Waals surface area contributed by atoms with Crippen molar-refractivity contribution in [3.63, 3.8) is 0 Å². The summed E-state index contributed by atoms with van der Waals surface area (Å²) in [6.45, 7) is 9.96. The number of nitrogens with one attached hydrogen (secondary N) is 5. The van der Waals surface area contributed by atoms with E-state index < -0.39 is 65.7 Å². The van der Waals surface area contributed by atoms with Crippen molar-refractivity contribution < 1.29 is 38.3 Å². The lowest BCUT2D eigenvalue weighted by molar-refractivity contribution is -0.158. The van der Waals surface area contributed by atoms with Crippen LogP contribution in [0.15, 0.2) is 54.6 Å². The highest BCUT2D eigenvalue weighted by Crippen LogP contribution is 2.19. The van der Waals surface area contributed by atoms with E-state index in [2.05, 4.69) is 33.5 Å². The van der Waals surface area contributed by atoms with Crippen LogP contribution in [0.5, 0.6) is 0 Å². The summed E-state index contributed by atoms with van der Waals surface area (Å²) in [6.07, 6.45) is 14.3. The van der Waals surface area contributed by atoms with E-state index in [0.717, 1.165) is 36.8 Å². The number of ketones is 1. The van der Waals surface area contributed by atoms with Gasteiger partial charge >= 0.3 is 5.97 Å². The summed E-state index contributed by atoms with van der Waals surface area (Å²) in [6, 6.07) is 12.6. The smallest absolute Gasteiger partial charge is 0.333 e. The fourth-order valence-corrected chi connectivity index (χ4v) is 6.38. The highest BCUT2D eigenvalue weighted by molar-refractivity contribution is 6.38. The van der Waals surface area contributed by atoms with Crippen molar-refractivity contribution >= 4 is 41.3 Å². The zero-order valence-electron chi connectivity index (χ0n) is 36.2. The quantitative estimate of drug-likeness (QED) is 0.0720. The van der Waals surface area contributed by atoms with Gasteiger partial charge in [0.15, 0.2) is 6.04 Å². The third-order valence-electron chi connectivity index (χ3n) is 9.53. The number of hydrogen-bond donors (Lipinski definition) is 5. The van der Waals surface area contributed by atoms with Crippen LogP contribution in [-0.4, -0.2) is 72.1 Å². The van der Waals surface area contributed by atoms with Crippen molar-refractivity contribution in [3.05, 3.63) is 71.3 Å². The Morgan fingerprint density at radius 1 is 0.644 bits per heavy atom. The van der Waals surface area contributed by atoms with Crippen LogP contribution in [0.2, 0.25) is 0 Å². The first kappa shape index (κ1) is 50.1. The van der Waals surface area contributed by atoms with E-state index in [1.54, 1.807) is 58.0 Å². The molecule has 0 aliphatic heterocycles. The fraction of sp³-hybridized carbons (Fsp3) is 0.587. The van der Waals surface area contributed by atoms with Crippen LogP contribution < -0.4 is 26.6 Å². The lowest BCUT2D eigenvalue weighted by atomic mass is 9.99. The SMILES string of the molecule is C1CCCCC1.CCCCC(=O)NCC(=O)NC(Cc1cccc(CCCC)c1)C(=O)NC(CCC)C(=O)C(=O)NCC(=O)NC(C(=O)OC(C)(C)C)c1ccccc1. The van der Waals surface area contributed by atoms with Crippen molar-refractivity contribution in [3.8, 4) is 0 Å². The van der Waals surface area contributed by atoms with Gasteiger partial charge in [0, 0.05) is 12.8 Å². The van der Waals surface area contributed by atoms with E-state index >= 15 is 0 Å². The Balaban J connectivity index is 0.00000182. The molecule has 1 aliphatic carbocycles. The van der Waals surface area contributed by atoms with Gasteiger partial charge in [0.25, 0.3) is 5.91 Å². The van der Waals surface area contributed by atoms with E-state index in [9.17, 15) is 33.6 Å². The lowest BCUT2D eigenvalue weighted by Crippen LogP contribution is -2.55. The van der Waals surface area contributed by atoms with Gasteiger partial charge in [0.1, 0.15) is 11.6 Å². The zero-order valence-corrected chi connectivity index (χ0v) is 36.2. The molecular weight excluding hydrogens is 751 g/mol. The Hall–Kier alpha value is -5.07. The summed E-state index contributed by atoms with van der Waals surface area (Å²) in [4.78, 5) is 90.9. The van der Waals surface area contributed by atoms with Gasteiger partial charge in [-0.2, -0.15) is 0 Å².